The number of halogens is 1. The summed E-state index contributed by atoms with van der Waals surface area (Å²) in [5, 5.41) is 6.57. The summed E-state index contributed by atoms with van der Waals surface area (Å²) in [6, 6.07) is 6.24. The van der Waals surface area contributed by atoms with Crippen molar-refractivity contribution in [2.75, 3.05) is 20.1 Å². The minimum absolute atomic E-state index is 0.271. The van der Waals surface area contributed by atoms with Gasteiger partial charge in [0, 0.05) is 51.2 Å². The Morgan fingerprint density at radius 1 is 1.21 bits per heavy atom. The van der Waals surface area contributed by atoms with E-state index in [1.807, 2.05) is 13.0 Å². The van der Waals surface area contributed by atoms with Gasteiger partial charge in [0.25, 0.3) is 0 Å². The molecule has 0 saturated carbocycles. The molecule has 7 heteroatoms. The number of aliphatic imine (C=N–C) groups is 1. The third kappa shape index (κ3) is 5.79. The second-order valence-electron chi connectivity index (χ2n) is 7.41. The van der Waals surface area contributed by atoms with Gasteiger partial charge in [0.2, 0.25) is 0 Å². The SMILES string of the molecule is CN=C(NCCN(C(C)C)C(C)C)NCc1ccc(-n2ccnc2C)c(F)c1. The molecule has 1 aromatic carbocycles. The molecular weight excluding hydrogens is 355 g/mol. The van der Waals surface area contributed by atoms with E-state index in [0.717, 1.165) is 24.5 Å². The number of benzene rings is 1. The van der Waals surface area contributed by atoms with Crippen molar-refractivity contribution in [1.29, 1.82) is 0 Å². The van der Waals surface area contributed by atoms with Crippen molar-refractivity contribution in [3.05, 3.63) is 47.8 Å². The largest absolute Gasteiger partial charge is 0.355 e. The molecule has 0 atom stereocenters. The number of aromatic nitrogens is 2. The quantitative estimate of drug-likeness (QED) is 0.539. The number of hydrogen-bond donors (Lipinski definition) is 2. The maximum absolute atomic E-state index is 14.5. The fourth-order valence-corrected chi connectivity index (χ4v) is 3.31. The molecule has 0 spiro atoms. The van der Waals surface area contributed by atoms with E-state index in [9.17, 15) is 4.39 Å². The van der Waals surface area contributed by atoms with Crippen LogP contribution in [0.3, 0.4) is 0 Å². The second-order valence-corrected chi connectivity index (χ2v) is 7.41. The van der Waals surface area contributed by atoms with Gasteiger partial charge >= 0.3 is 0 Å². The lowest BCUT2D eigenvalue weighted by atomic mass is 10.2. The van der Waals surface area contributed by atoms with E-state index in [1.54, 1.807) is 36.1 Å². The second kappa shape index (κ2) is 10.2. The van der Waals surface area contributed by atoms with Gasteiger partial charge in [0.1, 0.15) is 11.6 Å². The maximum atomic E-state index is 14.5. The number of hydrogen-bond acceptors (Lipinski definition) is 3. The Balaban J connectivity index is 1.90. The van der Waals surface area contributed by atoms with Gasteiger partial charge in [0.15, 0.2) is 5.96 Å². The van der Waals surface area contributed by atoms with Crippen LogP contribution in [0.4, 0.5) is 4.39 Å². The number of nitrogens with one attached hydrogen (secondary N) is 2. The van der Waals surface area contributed by atoms with Crippen LogP contribution in [-0.2, 0) is 6.54 Å². The first-order chi connectivity index (χ1) is 13.3. The highest BCUT2D eigenvalue weighted by atomic mass is 19.1. The average molecular weight is 389 g/mol. The Kier molecular flexibility index (Phi) is 7.99. The Morgan fingerprint density at radius 3 is 2.46 bits per heavy atom. The number of nitrogens with zero attached hydrogens (tertiary/aromatic N) is 4. The fraction of sp³-hybridized carbons (Fsp3) is 0.524. The van der Waals surface area contributed by atoms with E-state index in [4.69, 9.17) is 0 Å². The zero-order chi connectivity index (χ0) is 20.7. The molecule has 0 radical (unpaired) electrons. The van der Waals surface area contributed by atoms with E-state index >= 15 is 0 Å². The Bertz CT molecular complexity index is 773. The van der Waals surface area contributed by atoms with E-state index < -0.39 is 0 Å². The van der Waals surface area contributed by atoms with Crippen LogP contribution in [0, 0.1) is 12.7 Å². The molecule has 0 amide bonds. The van der Waals surface area contributed by atoms with Crippen molar-refractivity contribution in [3.8, 4) is 5.69 Å². The predicted octanol–water partition coefficient (Wildman–Crippen LogP) is 3.10. The van der Waals surface area contributed by atoms with Crippen LogP contribution in [0.2, 0.25) is 0 Å². The van der Waals surface area contributed by atoms with Crippen LogP contribution in [-0.4, -0.2) is 52.6 Å². The van der Waals surface area contributed by atoms with Gasteiger partial charge in [-0.05, 0) is 52.3 Å². The Morgan fingerprint density at radius 2 is 1.93 bits per heavy atom. The summed E-state index contributed by atoms with van der Waals surface area (Å²) in [4.78, 5) is 10.8. The highest BCUT2D eigenvalue weighted by molar-refractivity contribution is 5.79. The zero-order valence-electron chi connectivity index (χ0n) is 17.8. The molecule has 0 fully saturated rings. The molecule has 28 heavy (non-hydrogen) atoms. The molecule has 2 rings (SSSR count). The van der Waals surface area contributed by atoms with Gasteiger partial charge in [-0.3, -0.25) is 9.89 Å². The van der Waals surface area contributed by atoms with Crippen molar-refractivity contribution in [2.45, 2.75) is 53.2 Å². The number of rotatable bonds is 8. The van der Waals surface area contributed by atoms with Gasteiger partial charge in [-0.2, -0.15) is 0 Å². The summed E-state index contributed by atoms with van der Waals surface area (Å²) in [7, 11) is 1.74. The fourth-order valence-electron chi connectivity index (χ4n) is 3.31. The highest BCUT2D eigenvalue weighted by Crippen LogP contribution is 2.16. The number of imidazole rings is 1. The van der Waals surface area contributed by atoms with Crippen molar-refractivity contribution >= 4 is 5.96 Å². The summed E-state index contributed by atoms with van der Waals surface area (Å²) >= 11 is 0. The molecule has 0 aliphatic carbocycles. The molecule has 0 aliphatic rings. The van der Waals surface area contributed by atoms with Crippen LogP contribution in [0.15, 0.2) is 35.6 Å². The van der Waals surface area contributed by atoms with Gasteiger partial charge in [0.05, 0.1) is 5.69 Å². The first-order valence-corrected chi connectivity index (χ1v) is 9.82. The molecule has 2 N–H and O–H groups in total. The van der Waals surface area contributed by atoms with Crippen molar-refractivity contribution < 1.29 is 4.39 Å². The molecule has 6 nitrogen and oxygen atoms in total. The van der Waals surface area contributed by atoms with E-state index in [0.29, 0.717) is 30.3 Å². The van der Waals surface area contributed by atoms with E-state index in [-0.39, 0.29) is 5.82 Å². The summed E-state index contributed by atoms with van der Waals surface area (Å²) in [6.07, 6.45) is 3.43. The van der Waals surface area contributed by atoms with Crippen LogP contribution >= 0.6 is 0 Å². The van der Waals surface area contributed by atoms with Crippen LogP contribution in [0.1, 0.15) is 39.1 Å². The summed E-state index contributed by atoms with van der Waals surface area (Å²) < 4.78 is 16.3. The van der Waals surface area contributed by atoms with Crippen LogP contribution in [0.25, 0.3) is 5.69 Å². The first kappa shape index (κ1) is 21.9. The smallest absolute Gasteiger partial charge is 0.191 e. The van der Waals surface area contributed by atoms with Gasteiger partial charge in [-0.15, -0.1) is 0 Å². The lowest BCUT2D eigenvalue weighted by Crippen LogP contribution is -2.45. The summed E-state index contributed by atoms with van der Waals surface area (Å²) in [5.74, 6) is 1.20. The molecule has 1 aromatic heterocycles. The molecule has 1 heterocycles. The number of guanidine groups is 1. The lowest BCUT2D eigenvalue weighted by Gasteiger charge is -2.30. The van der Waals surface area contributed by atoms with Crippen LogP contribution < -0.4 is 10.6 Å². The van der Waals surface area contributed by atoms with Crippen LogP contribution in [0.5, 0.6) is 0 Å². The van der Waals surface area contributed by atoms with Gasteiger partial charge < -0.3 is 15.2 Å². The molecule has 0 saturated heterocycles. The van der Waals surface area contributed by atoms with Crippen molar-refractivity contribution in [3.63, 3.8) is 0 Å². The third-order valence-electron chi connectivity index (χ3n) is 4.77. The van der Waals surface area contributed by atoms with Gasteiger partial charge in [-0.1, -0.05) is 6.07 Å². The average Bonchev–Trinajstić information content (AvgIpc) is 3.06. The minimum Gasteiger partial charge on any atom is -0.355 e. The van der Waals surface area contributed by atoms with E-state index in [1.165, 1.54) is 0 Å². The third-order valence-corrected chi connectivity index (χ3v) is 4.77. The maximum Gasteiger partial charge on any atom is 0.191 e. The summed E-state index contributed by atoms with van der Waals surface area (Å²) in [5.41, 5.74) is 1.36. The zero-order valence-corrected chi connectivity index (χ0v) is 17.8. The first-order valence-electron chi connectivity index (χ1n) is 9.82. The lowest BCUT2D eigenvalue weighted by molar-refractivity contribution is 0.178. The molecular formula is C21H33FN6. The Labute approximate surface area is 167 Å². The topological polar surface area (TPSA) is 57.5 Å². The number of aryl methyl sites for hydroxylation is 1. The summed E-state index contributed by atoms with van der Waals surface area (Å²) in [6.45, 7) is 12.9. The molecule has 0 bridgehead atoms. The van der Waals surface area contributed by atoms with Crippen molar-refractivity contribution in [2.24, 2.45) is 4.99 Å². The predicted molar refractivity (Wildman–Crippen MR) is 113 cm³/mol. The molecule has 0 unspecified atom stereocenters. The molecule has 2 aromatic rings. The highest BCUT2D eigenvalue weighted by Gasteiger charge is 2.13. The monoisotopic (exact) mass is 388 g/mol. The standard InChI is InChI=1S/C21H33FN6/c1-15(2)27(16(3)4)11-10-25-21(23-6)26-14-18-7-8-20(19(22)13-18)28-12-9-24-17(28)5/h7-9,12-13,15-16H,10-11,14H2,1-6H3,(H2,23,25,26). The molecule has 0 aliphatic heterocycles. The Hall–Kier alpha value is -2.41. The normalized spacial score (nSPS) is 12.3. The molecule has 154 valence electrons. The minimum atomic E-state index is -0.271. The van der Waals surface area contributed by atoms with E-state index in [2.05, 4.69) is 53.2 Å². The van der Waals surface area contributed by atoms with Gasteiger partial charge in [-0.25, -0.2) is 9.37 Å². The van der Waals surface area contributed by atoms with Crippen molar-refractivity contribution in [1.82, 2.24) is 25.1 Å².